The average molecular weight is 307 g/mol. The first-order valence-corrected chi connectivity index (χ1v) is 7.96. The maximum atomic E-state index is 11.5. The van der Waals surface area contributed by atoms with Crippen LogP contribution >= 0.6 is 0 Å². The van der Waals surface area contributed by atoms with Gasteiger partial charge in [-0.25, -0.2) is 9.78 Å². The molecule has 0 radical (unpaired) electrons. The van der Waals surface area contributed by atoms with Gasteiger partial charge in [0, 0.05) is 25.8 Å². The highest BCUT2D eigenvalue weighted by atomic mass is 16.6. The van der Waals surface area contributed by atoms with Crippen LogP contribution in [0, 0.1) is 6.92 Å². The van der Waals surface area contributed by atoms with Crippen molar-refractivity contribution in [3.05, 3.63) is 23.9 Å². The number of unbranched alkanes of at least 4 members (excludes halogenated alkanes) is 1. The summed E-state index contributed by atoms with van der Waals surface area (Å²) in [4.78, 5) is 18.2. The Labute approximate surface area is 134 Å². The van der Waals surface area contributed by atoms with Gasteiger partial charge in [-0.1, -0.05) is 6.07 Å². The Kier molecular flexibility index (Phi) is 7.15. The van der Waals surface area contributed by atoms with E-state index in [1.165, 1.54) is 5.56 Å². The van der Waals surface area contributed by atoms with Crippen LogP contribution < -0.4 is 10.2 Å². The van der Waals surface area contributed by atoms with Crippen molar-refractivity contribution in [1.82, 2.24) is 10.3 Å². The fourth-order valence-electron chi connectivity index (χ4n) is 2.01. The van der Waals surface area contributed by atoms with Gasteiger partial charge in [0.25, 0.3) is 0 Å². The SMILES string of the molecule is CCN(CCCCNC(=O)OC(C)(C)C)c1ccc(C)cn1. The first-order chi connectivity index (χ1) is 10.3. The minimum absolute atomic E-state index is 0.347. The van der Waals surface area contributed by atoms with Crippen LogP contribution in [-0.2, 0) is 4.74 Å². The van der Waals surface area contributed by atoms with Gasteiger partial charge < -0.3 is 15.0 Å². The number of nitrogens with one attached hydrogen (secondary N) is 1. The number of pyridine rings is 1. The fraction of sp³-hybridized carbons (Fsp3) is 0.647. The molecule has 1 aromatic heterocycles. The summed E-state index contributed by atoms with van der Waals surface area (Å²) < 4.78 is 5.20. The Morgan fingerprint density at radius 2 is 2.05 bits per heavy atom. The van der Waals surface area contributed by atoms with E-state index in [0.717, 1.165) is 31.7 Å². The summed E-state index contributed by atoms with van der Waals surface area (Å²) in [5, 5.41) is 2.78. The molecule has 1 rings (SSSR count). The van der Waals surface area contributed by atoms with E-state index in [-0.39, 0.29) is 6.09 Å². The number of ether oxygens (including phenoxy) is 1. The summed E-state index contributed by atoms with van der Waals surface area (Å²) in [6.45, 7) is 12.2. The van der Waals surface area contributed by atoms with Crippen LogP contribution in [0.5, 0.6) is 0 Å². The van der Waals surface area contributed by atoms with E-state index in [2.05, 4.69) is 34.3 Å². The molecular weight excluding hydrogens is 278 g/mol. The number of aryl methyl sites for hydroxylation is 1. The number of hydrogen-bond acceptors (Lipinski definition) is 4. The molecule has 0 aliphatic rings. The highest BCUT2D eigenvalue weighted by Crippen LogP contribution is 2.11. The standard InChI is InChI=1S/C17H29N3O2/c1-6-20(15-10-9-14(2)13-19-15)12-8-7-11-18-16(21)22-17(3,4)5/h9-10,13H,6-8,11-12H2,1-5H3,(H,18,21). The maximum Gasteiger partial charge on any atom is 0.407 e. The summed E-state index contributed by atoms with van der Waals surface area (Å²) in [5.41, 5.74) is 0.724. The lowest BCUT2D eigenvalue weighted by Crippen LogP contribution is -2.33. The summed E-state index contributed by atoms with van der Waals surface area (Å²) >= 11 is 0. The molecule has 5 heteroatoms. The van der Waals surface area contributed by atoms with Crippen molar-refractivity contribution in [3.63, 3.8) is 0 Å². The predicted octanol–water partition coefficient (Wildman–Crippen LogP) is 3.52. The van der Waals surface area contributed by atoms with Gasteiger partial charge in [0.2, 0.25) is 0 Å². The van der Waals surface area contributed by atoms with Crippen LogP contribution in [-0.4, -0.2) is 36.3 Å². The van der Waals surface area contributed by atoms with E-state index < -0.39 is 5.60 Å². The van der Waals surface area contributed by atoms with Crippen LogP contribution in [0.2, 0.25) is 0 Å². The Morgan fingerprint density at radius 1 is 1.32 bits per heavy atom. The number of carbonyl (C=O) groups is 1. The second kappa shape index (κ2) is 8.61. The van der Waals surface area contributed by atoms with Crippen molar-refractivity contribution in [2.24, 2.45) is 0 Å². The van der Waals surface area contributed by atoms with E-state index in [0.29, 0.717) is 6.54 Å². The molecular formula is C17H29N3O2. The zero-order valence-corrected chi connectivity index (χ0v) is 14.5. The van der Waals surface area contributed by atoms with Gasteiger partial charge in [0.15, 0.2) is 0 Å². The number of nitrogens with zero attached hydrogens (tertiary/aromatic N) is 2. The van der Waals surface area contributed by atoms with Crippen LogP contribution in [0.1, 0.15) is 46.1 Å². The lowest BCUT2D eigenvalue weighted by atomic mass is 10.2. The molecule has 0 spiro atoms. The summed E-state index contributed by atoms with van der Waals surface area (Å²) in [7, 11) is 0. The Bertz CT molecular complexity index is 452. The molecule has 0 fully saturated rings. The largest absolute Gasteiger partial charge is 0.444 e. The van der Waals surface area contributed by atoms with Gasteiger partial charge in [0.05, 0.1) is 0 Å². The minimum Gasteiger partial charge on any atom is -0.444 e. The highest BCUT2D eigenvalue weighted by Gasteiger charge is 2.15. The van der Waals surface area contributed by atoms with Gasteiger partial charge in [-0.2, -0.15) is 0 Å². The Balaban J connectivity index is 2.25. The van der Waals surface area contributed by atoms with Gasteiger partial charge in [-0.3, -0.25) is 0 Å². The third kappa shape index (κ3) is 7.29. The van der Waals surface area contributed by atoms with Crippen LogP contribution in [0.3, 0.4) is 0 Å². The number of anilines is 1. The van der Waals surface area contributed by atoms with Crippen LogP contribution in [0.4, 0.5) is 10.6 Å². The molecule has 0 saturated heterocycles. The van der Waals surface area contributed by atoms with Crippen LogP contribution in [0.25, 0.3) is 0 Å². The third-order valence-corrected chi connectivity index (χ3v) is 3.12. The van der Waals surface area contributed by atoms with Crippen molar-refractivity contribution < 1.29 is 9.53 Å². The van der Waals surface area contributed by atoms with Crippen molar-refractivity contribution >= 4 is 11.9 Å². The molecule has 1 aromatic rings. The lowest BCUT2D eigenvalue weighted by Gasteiger charge is -2.22. The summed E-state index contributed by atoms with van der Waals surface area (Å²) in [5.74, 6) is 1.01. The van der Waals surface area contributed by atoms with E-state index in [1.807, 2.05) is 33.9 Å². The number of aromatic nitrogens is 1. The first-order valence-electron chi connectivity index (χ1n) is 7.96. The molecule has 22 heavy (non-hydrogen) atoms. The first kappa shape index (κ1) is 18.3. The van der Waals surface area contributed by atoms with Crippen molar-refractivity contribution in [3.8, 4) is 0 Å². The normalized spacial score (nSPS) is 11.1. The number of rotatable bonds is 7. The van der Waals surface area contributed by atoms with Crippen molar-refractivity contribution in [1.29, 1.82) is 0 Å². The van der Waals surface area contributed by atoms with Gasteiger partial charge in [0.1, 0.15) is 11.4 Å². The minimum atomic E-state index is -0.444. The number of hydrogen-bond donors (Lipinski definition) is 1. The Morgan fingerprint density at radius 3 is 2.59 bits per heavy atom. The summed E-state index contributed by atoms with van der Waals surface area (Å²) in [6, 6.07) is 4.13. The highest BCUT2D eigenvalue weighted by molar-refractivity contribution is 5.67. The number of carbonyl (C=O) groups excluding carboxylic acids is 1. The van der Waals surface area contributed by atoms with Gasteiger partial charge in [-0.15, -0.1) is 0 Å². The molecule has 5 nitrogen and oxygen atoms in total. The Hall–Kier alpha value is -1.78. The fourth-order valence-corrected chi connectivity index (χ4v) is 2.01. The van der Waals surface area contributed by atoms with E-state index in [9.17, 15) is 4.79 Å². The molecule has 0 bridgehead atoms. The lowest BCUT2D eigenvalue weighted by molar-refractivity contribution is 0.0527. The zero-order valence-electron chi connectivity index (χ0n) is 14.5. The van der Waals surface area contributed by atoms with Crippen molar-refractivity contribution in [2.75, 3.05) is 24.5 Å². The second-order valence-corrected chi connectivity index (χ2v) is 6.41. The molecule has 1 heterocycles. The smallest absolute Gasteiger partial charge is 0.407 e. The molecule has 0 aliphatic carbocycles. The molecule has 0 aromatic carbocycles. The van der Waals surface area contributed by atoms with Gasteiger partial charge >= 0.3 is 6.09 Å². The zero-order chi connectivity index (χ0) is 16.6. The van der Waals surface area contributed by atoms with Gasteiger partial charge in [-0.05, 0) is 59.1 Å². The molecule has 1 amide bonds. The second-order valence-electron chi connectivity index (χ2n) is 6.41. The quantitative estimate of drug-likeness (QED) is 0.783. The number of amides is 1. The molecule has 0 aliphatic heterocycles. The topological polar surface area (TPSA) is 54.5 Å². The number of alkyl carbamates (subject to hydrolysis) is 1. The third-order valence-electron chi connectivity index (χ3n) is 3.12. The molecule has 0 unspecified atom stereocenters. The van der Waals surface area contributed by atoms with E-state index in [1.54, 1.807) is 0 Å². The van der Waals surface area contributed by atoms with Crippen LogP contribution in [0.15, 0.2) is 18.3 Å². The van der Waals surface area contributed by atoms with E-state index >= 15 is 0 Å². The van der Waals surface area contributed by atoms with E-state index in [4.69, 9.17) is 4.74 Å². The monoisotopic (exact) mass is 307 g/mol. The molecule has 0 atom stereocenters. The molecule has 0 saturated carbocycles. The molecule has 124 valence electrons. The maximum absolute atomic E-state index is 11.5. The predicted molar refractivity (Wildman–Crippen MR) is 90.3 cm³/mol. The molecule has 1 N–H and O–H groups in total. The average Bonchev–Trinajstić information content (AvgIpc) is 2.42. The van der Waals surface area contributed by atoms with Crippen molar-refractivity contribution in [2.45, 2.75) is 53.1 Å². The summed E-state index contributed by atoms with van der Waals surface area (Å²) in [6.07, 6.45) is 3.46.